The van der Waals surface area contributed by atoms with Crippen LogP contribution in [0.25, 0.3) is 0 Å². The summed E-state index contributed by atoms with van der Waals surface area (Å²) < 4.78 is 5.28. The Balaban J connectivity index is 1.74. The van der Waals surface area contributed by atoms with Crippen molar-refractivity contribution < 1.29 is 4.74 Å². The van der Waals surface area contributed by atoms with Gasteiger partial charge in [0.25, 0.3) is 0 Å². The van der Waals surface area contributed by atoms with E-state index in [-0.39, 0.29) is 0 Å². The third-order valence-electron chi connectivity index (χ3n) is 3.67. The van der Waals surface area contributed by atoms with Gasteiger partial charge in [0.05, 0.1) is 6.10 Å². The maximum atomic E-state index is 5.28. The third-order valence-corrected chi connectivity index (χ3v) is 3.67. The molecule has 3 heteroatoms. The van der Waals surface area contributed by atoms with Crippen LogP contribution in [-0.4, -0.2) is 50.8 Å². The lowest BCUT2D eigenvalue weighted by Gasteiger charge is -2.45. The highest BCUT2D eigenvalue weighted by Gasteiger charge is 2.34. The highest BCUT2D eigenvalue weighted by Crippen LogP contribution is 2.30. The molecule has 2 heterocycles. The second-order valence-corrected chi connectivity index (χ2v) is 5.11. The van der Waals surface area contributed by atoms with Crippen LogP contribution in [0.2, 0.25) is 0 Å². The molecular formula is C11H22N2O. The topological polar surface area (TPSA) is 24.5 Å². The first-order valence-corrected chi connectivity index (χ1v) is 5.68. The van der Waals surface area contributed by atoms with Crippen molar-refractivity contribution >= 4 is 0 Å². The van der Waals surface area contributed by atoms with Gasteiger partial charge in [-0.3, -0.25) is 4.90 Å². The summed E-state index contributed by atoms with van der Waals surface area (Å²) >= 11 is 0. The first-order valence-electron chi connectivity index (χ1n) is 5.68. The molecule has 3 nitrogen and oxygen atoms in total. The first kappa shape index (κ1) is 10.4. The highest BCUT2D eigenvalue weighted by molar-refractivity contribution is 4.89. The minimum Gasteiger partial charge on any atom is -0.379 e. The van der Waals surface area contributed by atoms with E-state index in [4.69, 9.17) is 4.74 Å². The molecule has 2 rings (SSSR count). The maximum Gasteiger partial charge on any atom is 0.0824 e. The first-order chi connectivity index (χ1) is 6.72. The molecule has 0 unspecified atom stereocenters. The summed E-state index contributed by atoms with van der Waals surface area (Å²) in [5.74, 6) is 0. The number of ether oxygens (including phenoxy) is 1. The Morgan fingerprint density at radius 1 is 1.36 bits per heavy atom. The van der Waals surface area contributed by atoms with Crippen molar-refractivity contribution in [3.8, 4) is 0 Å². The molecule has 1 N–H and O–H groups in total. The van der Waals surface area contributed by atoms with Crippen LogP contribution in [0.3, 0.4) is 0 Å². The smallest absolute Gasteiger partial charge is 0.0824 e. The van der Waals surface area contributed by atoms with Gasteiger partial charge in [-0.05, 0) is 31.3 Å². The summed E-state index contributed by atoms with van der Waals surface area (Å²) in [5, 5.41) is 3.43. The number of methoxy groups -OCH3 is 1. The molecule has 0 saturated carbocycles. The fourth-order valence-corrected chi connectivity index (χ4v) is 2.53. The molecule has 0 aromatic rings. The number of rotatable bonds is 3. The van der Waals surface area contributed by atoms with E-state index in [1.165, 1.54) is 32.5 Å². The van der Waals surface area contributed by atoms with E-state index in [0.717, 1.165) is 13.1 Å². The molecule has 0 aliphatic carbocycles. The van der Waals surface area contributed by atoms with Crippen LogP contribution in [0.15, 0.2) is 0 Å². The van der Waals surface area contributed by atoms with Crippen molar-refractivity contribution in [1.29, 1.82) is 0 Å². The lowest BCUT2D eigenvalue weighted by molar-refractivity contribution is -0.0491. The largest absolute Gasteiger partial charge is 0.379 e. The van der Waals surface area contributed by atoms with Gasteiger partial charge in [0.2, 0.25) is 0 Å². The molecule has 0 spiro atoms. The molecule has 14 heavy (non-hydrogen) atoms. The number of nitrogens with zero attached hydrogens (tertiary/aromatic N) is 1. The zero-order valence-electron chi connectivity index (χ0n) is 9.38. The van der Waals surface area contributed by atoms with Gasteiger partial charge in [0.1, 0.15) is 0 Å². The quantitative estimate of drug-likeness (QED) is 0.723. The van der Waals surface area contributed by atoms with Crippen LogP contribution in [0, 0.1) is 5.41 Å². The zero-order chi connectivity index (χ0) is 10.0. The number of hydrogen-bond donors (Lipinski definition) is 1. The van der Waals surface area contributed by atoms with E-state index in [1.807, 2.05) is 7.11 Å². The van der Waals surface area contributed by atoms with Crippen molar-refractivity contribution in [2.24, 2.45) is 5.41 Å². The molecular weight excluding hydrogens is 176 g/mol. The SMILES string of the molecule is COC1CN(CC2(C)CCNCC2)C1. The van der Waals surface area contributed by atoms with Gasteiger partial charge in [-0.25, -0.2) is 0 Å². The van der Waals surface area contributed by atoms with E-state index in [1.54, 1.807) is 0 Å². The van der Waals surface area contributed by atoms with Crippen LogP contribution in [-0.2, 0) is 4.74 Å². The fraction of sp³-hybridized carbons (Fsp3) is 1.00. The predicted molar refractivity (Wildman–Crippen MR) is 57.4 cm³/mol. The van der Waals surface area contributed by atoms with Gasteiger partial charge in [-0.15, -0.1) is 0 Å². The number of piperidine rings is 1. The maximum absolute atomic E-state index is 5.28. The van der Waals surface area contributed by atoms with E-state index >= 15 is 0 Å². The summed E-state index contributed by atoms with van der Waals surface area (Å²) in [5.41, 5.74) is 0.546. The van der Waals surface area contributed by atoms with E-state index in [2.05, 4.69) is 17.1 Å². The Labute approximate surface area is 86.8 Å². The van der Waals surface area contributed by atoms with Crippen molar-refractivity contribution in [1.82, 2.24) is 10.2 Å². The normalized spacial score (nSPS) is 28.7. The standard InChI is InChI=1S/C11H22N2O/c1-11(3-5-12-6-4-11)9-13-7-10(8-13)14-2/h10,12H,3-9H2,1-2H3. The highest BCUT2D eigenvalue weighted by atomic mass is 16.5. The molecule has 0 radical (unpaired) electrons. The molecule has 0 amide bonds. The summed E-state index contributed by atoms with van der Waals surface area (Å²) in [6.45, 7) is 8.34. The predicted octanol–water partition coefficient (Wildman–Crippen LogP) is 0.707. The Bertz CT molecular complexity index is 184. The van der Waals surface area contributed by atoms with Gasteiger partial charge in [0, 0.05) is 26.7 Å². The average molecular weight is 198 g/mol. The van der Waals surface area contributed by atoms with Crippen molar-refractivity contribution in [3.05, 3.63) is 0 Å². The monoisotopic (exact) mass is 198 g/mol. The minimum atomic E-state index is 0.500. The average Bonchev–Trinajstić information content (AvgIpc) is 2.12. The number of nitrogens with one attached hydrogen (secondary N) is 1. The summed E-state index contributed by atoms with van der Waals surface area (Å²) in [4.78, 5) is 2.53. The molecule has 0 aromatic heterocycles. The lowest BCUT2D eigenvalue weighted by Crippen LogP contribution is -2.56. The molecule has 2 aliphatic heterocycles. The molecule has 0 aromatic carbocycles. The van der Waals surface area contributed by atoms with Gasteiger partial charge in [-0.1, -0.05) is 6.92 Å². The Morgan fingerprint density at radius 3 is 2.57 bits per heavy atom. The summed E-state index contributed by atoms with van der Waals surface area (Å²) in [7, 11) is 1.81. The molecule has 2 saturated heterocycles. The number of likely N-dealkylation sites (tertiary alicyclic amines) is 1. The molecule has 82 valence electrons. The van der Waals surface area contributed by atoms with Crippen LogP contribution < -0.4 is 5.32 Å². The molecule has 0 atom stereocenters. The summed E-state index contributed by atoms with van der Waals surface area (Å²) in [6.07, 6.45) is 3.14. The Hall–Kier alpha value is -0.120. The van der Waals surface area contributed by atoms with Gasteiger partial charge < -0.3 is 10.1 Å². The van der Waals surface area contributed by atoms with E-state index in [0.29, 0.717) is 11.5 Å². The molecule has 0 bridgehead atoms. The molecule has 2 aliphatic rings. The van der Waals surface area contributed by atoms with Crippen LogP contribution >= 0.6 is 0 Å². The lowest BCUT2D eigenvalue weighted by atomic mass is 9.80. The summed E-state index contributed by atoms with van der Waals surface area (Å²) in [6, 6.07) is 0. The zero-order valence-corrected chi connectivity index (χ0v) is 9.38. The fourth-order valence-electron chi connectivity index (χ4n) is 2.53. The van der Waals surface area contributed by atoms with Gasteiger partial charge in [-0.2, -0.15) is 0 Å². The number of hydrogen-bond acceptors (Lipinski definition) is 3. The van der Waals surface area contributed by atoms with Crippen molar-refractivity contribution in [3.63, 3.8) is 0 Å². The molecule has 2 fully saturated rings. The van der Waals surface area contributed by atoms with Crippen molar-refractivity contribution in [2.45, 2.75) is 25.9 Å². The van der Waals surface area contributed by atoms with Crippen LogP contribution in [0.5, 0.6) is 0 Å². The van der Waals surface area contributed by atoms with Gasteiger partial charge in [0.15, 0.2) is 0 Å². The Kier molecular flexibility index (Phi) is 3.10. The van der Waals surface area contributed by atoms with E-state index < -0.39 is 0 Å². The third kappa shape index (κ3) is 2.27. The van der Waals surface area contributed by atoms with Crippen LogP contribution in [0.4, 0.5) is 0 Å². The Morgan fingerprint density at radius 2 is 2.00 bits per heavy atom. The van der Waals surface area contributed by atoms with Crippen LogP contribution in [0.1, 0.15) is 19.8 Å². The van der Waals surface area contributed by atoms with Crippen molar-refractivity contribution in [2.75, 3.05) is 39.8 Å². The minimum absolute atomic E-state index is 0.500. The van der Waals surface area contributed by atoms with E-state index in [9.17, 15) is 0 Å². The van der Waals surface area contributed by atoms with Gasteiger partial charge >= 0.3 is 0 Å². The second-order valence-electron chi connectivity index (χ2n) is 5.11. The second kappa shape index (κ2) is 4.17.